The highest BCUT2D eigenvalue weighted by Crippen LogP contribution is 2.24. The molecular formula is C27H41N3O3. The number of carbonyl (C=O) groups excluding carboxylic acids is 3. The van der Waals surface area contributed by atoms with E-state index in [1.807, 2.05) is 35.2 Å². The SMILES string of the molecule is CCCC[C@H](CC)C(=O)N1CCC(C(=O)N[C@@H]2CCCC[C@H]2NC(=O)c2ccccc2)CC1. The molecule has 2 aliphatic rings. The summed E-state index contributed by atoms with van der Waals surface area (Å²) < 4.78 is 0. The average molecular weight is 456 g/mol. The molecule has 0 spiro atoms. The molecule has 6 heteroatoms. The molecule has 0 unspecified atom stereocenters. The molecule has 1 saturated carbocycles. The van der Waals surface area contributed by atoms with Crippen molar-refractivity contribution in [1.82, 2.24) is 15.5 Å². The number of piperidine rings is 1. The lowest BCUT2D eigenvalue weighted by Gasteiger charge is -2.36. The Bertz CT molecular complexity index is 774. The topological polar surface area (TPSA) is 78.5 Å². The van der Waals surface area contributed by atoms with Gasteiger partial charge in [0.1, 0.15) is 0 Å². The van der Waals surface area contributed by atoms with Crippen molar-refractivity contribution in [2.24, 2.45) is 11.8 Å². The molecule has 1 saturated heterocycles. The normalized spacial score (nSPS) is 22.4. The Labute approximate surface area is 198 Å². The van der Waals surface area contributed by atoms with Crippen LogP contribution < -0.4 is 10.6 Å². The molecule has 0 radical (unpaired) electrons. The van der Waals surface area contributed by atoms with E-state index < -0.39 is 0 Å². The summed E-state index contributed by atoms with van der Waals surface area (Å²) in [4.78, 5) is 40.5. The van der Waals surface area contributed by atoms with Gasteiger partial charge in [0, 0.05) is 42.6 Å². The molecule has 3 amide bonds. The second-order valence-electron chi connectivity index (χ2n) is 9.69. The Morgan fingerprint density at radius 3 is 2.18 bits per heavy atom. The van der Waals surface area contributed by atoms with Gasteiger partial charge in [-0.2, -0.15) is 0 Å². The number of hydrogen-bond acceptors (Lipinski definition) is 3. The number of rotatable bonds is 9. The van der Waals surface area contributed by atoms with Crippen LogP contribution in [0.3, 0.4) is 0 Å². The first kappa shape index (κ1) is 25.3. The summed E-state index contributed by atoms with van der Waals surface area (Å²) in [5.74, 6) is 0.317. The van der Waals surface area contributed by atoms with Crippen LogP contribution in [-0.2, 0) is 9.59 Å². The Morgan fingerprint density at radius 2 is 1.58 bits per heavy atom. The molecule has 0 bridgehead atoms. The quantitative estimate of drug-likeness (QED) is 0.583. The minimum Gasteiger partial charge on any atom is -0.351 e. The second-order valence-corrected chi connectivity index (χ2v) is 9.69. The van der Waals surface area contributed by atoms with Crippen molar-refractivity contribution in [1.29, 1.82) is 0 Å². The molecule has 2 N–H and O–H groups in total. The van der Waals surface area contributed by atoms with Crippen molar-refractivity contribution < 1.29 is 14.4 Å². The van der Waals surface area contributed by atoms with Gasteiger partial charge in [-0.1, -0.05) is 57.7 Å². The summed E-state index contributed by atoms with van der Waals surface area (Å²) >= 11 is 0. The van der Waals surface area contributed by atoms with Crippen LogP contribution in [0.15, 0.2) is 30.3 Å². The minimum absolute atomic E-state index is 0.0305. The maximum atomic E-state index is 13.0. The van der Waals surface area contributed by atoms with E-state index in [0.717, 1.165) is 64.2 Å². The summed E-state index contributed by atoms with van der Waals surface area (Å²) in [5.41, 5.74) is 0.648. The van der Waals surface area contributed by atoms with E-state index in [1.165, 1.54) is 0 Å². The predicted octanol–water partition coefficient (Wildman–Crippen LogP) is 4.30. The molecule has 1 aromatic carbocycles. The van der Waals surface area contributed by atoms with Crippen molar-refractivity contribution in [3.63, 3.8) is 0 Å². The van der Waals surface area contributed by atoms with E-state index in [2.05, 4.69) is 24.5 Å². The minimum atomic E-state index is -0.0814. The van der Waals surface area contributed by atoms with Gasteiger partial charge in [-0.05, 0) is 50.7 Å². The van der Waals surface area contributed by atoms with Crippen LogP contribution in [-0.4, -0.2) is 47.8 Å². The number of hydrogen-bond donors (Lipinski definition) is 2. The molecule has 3 rings (SSSR count). The fourth-order valence-electron chi connectivity index (χ4n) is 5.19. The molecule has 1 heterocycles. The number of amides is 3. The number of unbranched alkanes of at least 4 members (excludes halogenated alkanes) is 1. The monoisotopic (exact) mass is 455 g/mol. The van der Waals surface area contributed by atoms with Gasteiger partial charge in [0.15, 0.2) is 0 Å². The Hall–Kier alpha value is -2.37. The third-order valence-electron chi connectivity index (χ3n) is 7.37. The van der Waals surface area contributed by atoms with Gasteiger partial charge in [-0.25, -0.2) is 0 Å². The van der Waals surface area contributed by atoms with Crippen LogP contribution in [0.5, 0.6) is 0 Å². The van der Waals surface area contributed by atoms with E-state index in [4.69, 9.17) is 0 Å². The molecule has 3 atom stereocenters. The molecule has 2 fully saturated rings. The van der Waals surface area contributed by atoms with Crippen LogP contribution in [0.25, 0.3) is 0 Å². The third-order valence-corrected chi connectivity index (χ3v) is 7.37. The highest BCUT2D eigenvalue weighted by molar-refractivity contribution is 5.94. The zero-order valence-electron chi connectivity index (χ0n) is 20.4. The number of nitrogens with one attached hydrogen (secondary N) is 2. The lowest BCUT2D eigenvalue weighted by molar-refractivity contribution is -0.139. The van der Waals surface area contributed by atoms with Crippen LogP contribution in [0.2, 0.25) is 0 Å². The van der Waals surface area contributed by atoms with Gasteiger partial charge in [-0.3, -0.25) is 14.4 Å². The van der Waals surface area contributed by atoms with Crippen molar-refractivity contribution in [3.05, 3.63) is 35.9 Å². The Morgan fingerprint density at radius 1 is 0.939 bits per heavy atom. The third kappa shape index (κ3) is 7.05. The van der Waals surface area contributed by atoms with Crippen molar-refractivity contribution in [2.75, 3.05) is 13.1 Å². The lowest BCUT2D eigenvalue weighted by Crippen LogP contribution is -2.55. The molecule has 182 valence electrons. The number of benzene rings is 1. The van der Waals surface area contributed by atoms with E-state index >= 15 is 0 Å². The smallest absolute Gasteiger partial charge is 0.251 e. The fraction of sp³-hybridized carbons (Fsp3) is 0.667. The van der Waals surface area contributed by atoms with Crippen LogP contribution >= 0.6 is 0 Å². The van der Waals surface area contributed by atoms with Crippen molar-refractivity contribution in [2.45, 2.75) is 90.1 Å². The average Bonchev–Trinajstić information content (AvgIpc) is 2.86. The summed E-state index contributed by atoms with van der Waals surface area (Å²) in [5, 5.41) is 6.39. The van der Waals surface area contributed by atoms with Crippen LogP contribution in [0, 0.1) is 11.8 Å². The lowest BCUT2D eigenvalue weighted by atomic mass is 9.88. The predicted molar refractivity (Wildman–Crippen MR) is 131 cm³/mol. The van der Waals surface area contributed by atoms with E-state index in [0.29, 0.717) is 18.7 Å². The highest BCUT2D eigenvalue weighted by atomic mass is 16.2. The maximum Gasteiger partial charge on any atom is 0.251 e. The van der Waals surface area contributed by atoms with Crippen LogP contribution in [0.4, 0.5) is 0 Å². The maximum absolute atomic E-state index is 13.0. The number of likely N-dealkylation sites (tertiary alicyclic amines) is 1. The van der Waals surface area contributed by atoms with Crippen molar-refractivity contribution >= 4 is 17.7 Å². The molecule has 6 nitrogen and oxygen atoms in total. The van der Waals surface area contributed by atoms with Crippen LogP contribution in [0.1, 0.15) is 88.4 Å². The molecular weight excluding hydrogens is 414 g/mol. The fourth-order valence-corrected chi connectivity index (χ4v) is 5.19. The van der Waals surface area contributed by atoms with Crippen molar-refractivity contribution in [3.8, 4) is 0 Å². The summed E-state index contributed by atoms with van der Waals surface area (Å²) in [6, 6.07) is 9.17. The van der Waals surface area contributed by atoms with Gasteiger partial charge in [0.25, 0.3) is 5.91 Å². The molecule has 1 aromatic rings. The first-order valence-corrected chi connectivity index (χ1v) is 13.0. The first-order valence-electron chi connectivity index (χ1n) is 13.0. The first-order chi connectivity index (χ1) is 16.0. The second kappa shape index (κ2) is 12.8. The summed E-state index contributed by atoms with van der Waals surface area (Å²) in [6.45, 7) is 5.58. The summed E-state index contributed by atoms with van der Waals surface area (Å²) in [7, 11) is 0. The Balaban J connectivity index is 1.50. The molecule has 1 aliphatic heterocycles. The van der Waals surface area contributed by atoms with Gasteiger partial charge in [0.2, 0.25) is 11.8 Å². The molecule has 0 aromatic heterocycles. The van der Waals surface area contributed by atoms with Gasteiger partial charge < -0.3 is 15.5 Å². The van der Waals surface area contributed by atoms with E-state index in [1.54, 1.807) is 0 Å². The number of carbonyl (C=O) groups is 3. The summed E-state index contributed by atoms with van der Waals surface area (Å²) in [6.07, 6.45) is 9.37. The zero-order chi connectivity index (χ0) is 23.6. The van der Waals surface area contributed by atoms with E-state index in [-0.39, 0.29) is 41.6 Å². The standard InChI is InChI=1S/C27H41N3O3/c1-3-5-11-20(4-2)27(33)30-18-16-22(17-19-30)26(32)29-24-15-10-9-14-23(24)28-25(31)21-12-7-6-8-13-21/h6-8,12-13,20,22-24H,3-5,9-11,14-19H2,1-2H3,(H,28,31)(H,29,32)/t20-,23+,24+/m0/s1. The van der Waals surface area contributed by atoms with Gasteiger partial charge in [0.05, 0.1) is 0 Å². The Kier molecular flexibility index (Phi) is 9.76. The zero-order valence-corrected chi connectivity index (χ0v) is 20.4. The number of nitrogens with zero attached hydrogens (tertiary/aromatic N) is 1. The van der Waals surface area contributed by atoms with Gasteiger partial charge in [-0.15, -0.1) is 0 Å². The highest BCUT2D eigenvalue weighted by Gasteiger charge is 2.33. The van der Waals surface area contributed by atoms with E-state index in [9.17, 15) is 14.4 Å². The largest absolute Gasteiger partial charge is 0.351 e. The molecule has 33 heavy (non-hydrogen) atoms. The molecule has 1 aliphatic carbocycles. The van der Waals surface area contributed by atoms with Gasteiger partial charge >= 0.3 is 0 Å².